The summed E-state index contributed by atoms with van der Waals surface area (Å²) in [7, 11) is 0. The smallest absolute Gasteiger partial charge is 0.253 e. The van der Waals surface area contributed by atoms with Crippen LogP contribution in [0.1, 0.15) is 27.7 Å². The van der Waals surface area contributed by atoms with Gasteiger partial charge in [0.05, 0.1) is 5.69 Å². The summed E-state index contributed by atoms with van der Waals surface area (Å²) in [5.41, 5.74) is -0.885. The zero-order chi connectivity index (χ0) is 15.1. The molecule has 108 valence electrons. The van der Waals surface area contributed by atoms with Gasteiger partial charge >= 0.3 is 0 Å². The minimum absolute atomic E-state index is 0.116. The molecule has 20 heavy (non-hydrogen) atoms. The Morgan fingerprint density at radius 1 is 1.25 bits per heavy atom. The number of nitrogens with zero attached hydrogens (tertiary/aromatic N) is 1. The largest absolute Gasteiger partial charge is 0.340 e. The van der Waals surface area contributed by atoms with Crippen LogP contribution >= 0.6 is 0 Å². The van der Waals surface area contributed by atoms with E-state index in [1.54, 1.807) is 26.0 Å². The quantitative estimate of drug-likeness (QED) is 0.900. The van der Waals surface area contributed by atoms with Gasteiger partial charge < -0.3 is 5.32 Å². The maximum Gasteiger partial charge on any atom is 0.253 e. The van der Waals surface area contributed by atoms with Crippen LogP contribution in [0.5, 0.6) is 0 Å². The Kier molecular flexibility index (Phi) is 3.54. The lowest BCUT2D eigenvalue weighted by Crippen LogP contribution is -2.69. The summed E-state index contributed by atoms with van der Waals surface area (Å²) in [6, 6.07) is 5.33. The van der Waals surface area contributed by atoms with Crippen LogP contribution in [-0.4, -0.2) is 23.4 Å². The molecule has 1 aliphatic rings. The Morgan fingerprint density at radius 2 is 1.85 bits per heavy atom. The fourth-order valence-corrected chi connectivity index (χ4v) is 2.49. The van der Waals surface area contributed by atoms with Crippen LogP contribution in [-0.2, 0) is 9.59 Å². The molecule has 1 aromatic carbocycles. The lowest BCUT2D eigenvalue weighted by Gasteiger charge is -2.44. The van der Waals surface area contributed by atoms with E-state index >= 15 is 0 Å². The first-order chi connectivity index (χ1) is 9.25. The average Bonchev–Trinajstić information content (AvgIpc) is 2.33. The number of benzene rings is 1. The number of piperazine rings is 1. The molecule has 1 unspecified atom stereocenters. The lowest BCUT2D eigenvalue weighted by molar-refractivity contribution is -0.138. The Balaban J connectivity index is 2.57. The summed E-state index contributed by atoms with van der Waals surface area (Å²) in [5, 5.41) is 2.70. The standard InChI is InChI=1S/C15H19FN2O2/c1-9(2)12-13(19)17-15(3,4)14(20)18(12)11-8-6-5-7-10(11)16/h5-9,12H,1-4H3,(H,17,19). The van der Waals surface area contributed by atoms with Gasteiger partial charge in [-0.1, -0.05) is 26.0 Å². The molecule has 2 amide bonds. The van der Waals surface area contributed by atoms with Gasteiger partial charge in [-0.15, -0.1) is 0 Å². The van der Waals surface area contributed by atoms with Gasteiger partial charge in [0, 0.05) is 0 Å². The molecule has 0 bridgehead atoms. The molecule has 1 heterocycles. The number of rotatable bonds is 2. The average molecular weight is 278 g/mol. The Morgan fingerprint density at radius 3 is 2.40 bits per heavy atom. The van der Waals surface area contributed by atoms with Crippen LogP contribution in [0.2, 0.25) is 0 Å². The molecular weight excluding hydrogens is 259 g/mol. The predicted molar refractivity (Wildman–Crippen MR) is 74.7 cm³/mol. The molecule has 5 heteroatoms. The van der Waals surface area contributed by atoms with Crippen molar-refractivity contribution in [1.82, 2.24) is 5.32 Å². The van der Waals surface area contributed by atoms with E-state index in [0.717, 1.165) is 0 Å². The lowest BCUT2D eigenvalue weighted by atomic mass is 9.91. The number of para-hydroxylation sites is 1. The molecule has 0 aromatic heterocycles. The molecule has 1 saturated heterocycles. The number of hydrogen-bond acceptors (Lipinski definition) is 2. The third kappa shape index (κ3) is 2.28. The van der Waals surface area contributed by atoms with Gasteiger partial charge in [0.25, 0.3) is 5.91 Å². The van der Waals surface area contributed by atoms with Crippen LogP contribution in [0.3, 0.4) is 0 Å². The molecule has 0 aliphatic carbocycles. The highest BCUT2D eigenvalue weighted by Gasteiger charge is 2.47. The molecule has 1 aromatic rings. The molecule has 0 radical (unpaired) electrons. The molecule has 1 atom stereocenters. The first-order valence-electron chi connectivity index (χ1n) is 6.66. The number of hydrogen-bond donors (Lipinski definition) is 1. The van der Waals surface area contributed by atoms with Gasteiger partial charge in [-0.2, -0.15) is 0 Å². The maximum absolute atomic E-state index is 14.0. The van der Waals surface area contributed by atoms with E-state index in [1.807, 2.05) is 13.8 Å². The van der Waals surface area contributed by atoms with Crippen molar-refractivity contribution in [2.75, 3.05) is 4.90 Å². The summed E-state index contributed by atoms with van der Waals surface area (Å²) in [6.45, 7) is 6.92. The number of halogens is 1. The van der Waals surface area contributed by atoms with E-state index in [4.69, 9.17) is 0 Å². The van der Waals surface area contributed by atoms with Crippen LogP contribution < -0.4 is 10.2 Å². The van der Waals surface area contributed by atoms with Crippen LogP contribution in [0.25, 0.3) is 0 Å². The van der Waals surface area contributed by atoms with E-state index < -0.39 is 17.4 Å². The van der Waals surface area contributed by atoms with E-state index in [0.29, 0.717) is 0 Å². The predicted octanol–water partition coefficient (Wildman–Crippen LogP) is 2.09. The minimum Gasteiger partial charge on any atom is -0.340 e. The van der Waals surface area contributed by atoms with Crippen molar-refractivity contribution in [2.24, 2.45) is 5.92 Å². The summed E-state index contributed by atoms with van der Waals surface area (Å²) in [5.74, 6) is -1.18. The van der Waals surface area contributed by atoms with E-state index in [2.05, 4.69) is 5.32 Å². The van der Waals surface area contributed by atoms with Gasteiger partial charge in [-0.3, -0.25) is 14.5 Å². The second-order valence-corrected chi connectivity index (χ2v) is 5.93. The van der Waals surface area contributed by atoms with Crippen molar-refractivity contribution in [3.8, 4) is 0 Å². The van der Waals surface area contributed by atoms with Crippen LogP contribution in [0.4, 0.5) is 10.1 Å². The number of carbonyl (C=O) groups excluding carboxylic acids is 2. The van der Waals surface area contributed by atoms with Gasteiger partial charge in [-0.25, -0.2) is 4.39 Å². The van der Waals surface area contributed by atoms with Gasteiger partial charge in [-0.05, 0) is 31.9 Å². The highest BCUT2D eigenvalue weighted by molar-refractivity contribution is 6.10. The summed E-state index contributed by atoms with van der Waals surface area (Å²) in [6.07, 6.45) is 0. The molecule has 1 N–H and O–H groups in total. The van der Waals surface area contributed by atoms with Gasteiger partial charge in [0.1, 0.15) is 17.4 Å². The molecule has 0 saturated carbocycles. The highest BCUT2D eigenvalue weighted by atomic mass is 19.1. The molecule has 1 aliphatic heterocycles. The summed E-state index contributed by atoms with van der Waals surface area (Å²) in [4.78, 5) is 26.2. The number of anilines is 1. The summed E-state index contributed by atoms with van der Waals surface area (Å²) >= 11 is 0. The van der Waals surface area contributed by atoms with E-state index in [9.17, 15) is 14.0 Å². The van der Waals surface area contributed by atoms with Crippen LogP contribution in [0, 0.1) is 11.7 Å². The van der Waals surface area contributed by atoms with E-state index in [1.165, 1.54) is 17.0 Å². The first kappa shape index (κ1) is 14.5. The zero-order valence-electron chi connectivity index (χ0n) is 12.1. The number of nitrogens with one attached hydrogen (secondary N) is 1. The first-order valence-corrected chi connectivity index (χ1v) is 6.66. The monoisotopic (exact) mass is 278 g/mol. The Hall–Kier alpha value is -1.91. The molecule has 0 spiro atoms. The van der Waals surface area contributed by atoms with Crippen molar-refractivity contribution in [1.29, 1.82) is 0 Å². The normalized spacial score (nSPS) is 22.1. The van der Waals surface area contributed by atoms with Crippen molar-refractivity contribution in [3.05, 3.63) is 30.1 Å². The minimum atomic E-state index is -1.04. The molecule has 4 nitrogen and oxygen atoms in total. The molecule has 2 rings (SSSR count). The summed E-state index contributed by atoms with van der Waals surface area (Å²) < 4.78 is 14.0. The van der Waals surface area contributed by atoms with Crippen molar-refractivity contribution < 1.29 is 14.0 Å². The maximum atomic E-state index is 14.0. The molecule has 1 fully saturated rings. The molecular formula is C15H19FN2O2. The second-order valence-electron chi connectivity index (χ2n) is 5.93. The Labute approximate surface area is 118 Å². The van der Waals surface area contributed by atoms with Crippen molar-refractivity contribution in [3.63, 3.8) is 0 Å². The van der Waals surface area contributed by atoms with Crippen molar-refractivity contribution in [2.45, 2.75) is 39.3 Å². The number of amides is 2. The van der Waals surface area contributed by atoms with E-state index in [-0.39, 0.29) is 23.4 Å². The third-order valence-electron chi connectivity index (χ3n) is 3.48. The zero-order valence-corrected chi connectivity index (χ0v) is 12.1. The fraction of sp³-hybridized carbons (Fsp3) is 0.467. The fourth-order valence-electron chi connectivity index (χ4n) is 2.49. The Bertz CT molecular complexity index is 555. The van der Waals surface area contributed by atoms with Crippen molar-refractivity contribution >= 4 is 17.5 Å². The third-order valence-corrected chi connectivity index (χ3v) is 3.48. The van der Waals surface area contributed by atoms with Gasteiger partial charge in [0.2, 0.25) is 5.91 Å². The number of carbonyl (C=O) groups is 2. The highest BCUT2D eigenvalue weighted by Crippen LogP contribution is 2.30. The SMILES string of the molecule is CC(C)C1C(=O)NC(C)(C)C(=O)N1c1ccccc1F. The second kappa shape index (κ2) is 4.89. The topological polar surface area (TPSA) is 49.4 Å². The van der Waals surface area contributed by atoms with Crippen LogP contribution in [0.15, 0.2) is 24.3 Å². The van der Waals surface area contributed by atoms with Gasteiger partial charge in [0.15, 0.2) is 0 Å².